The number of benzene rings is 2. The van der Waals surface area contributed by atoms with Gasteiger partial charge in [-0.05, 0) is 55.8 Å². The fourth-order valence-electron chi connectivity index (χ4n) is 3.02. The van der Waals surface area contributed by atoms with Gasteiger partial charge < -0.3 is 19.8 Å². The standard InChI is InChI=1S/C22H17Cl2NO6S/c1-11(2)25(19(26)15-8-7-14(23)9-16(15)24)17-10-18(32-21(17)31-22(29)30)12-3-5-13(6-4-12)20(27)28/h3-11H,1-2H3,(H,27,28)(H,29,30). The number of ether oxygens (including phenoxy) is 1. The van der Waals surface area contributed by atoms with Crippen molar-refractivity contribution >= 4 is 58.3 Å². The first kappa shape index (κ1) is 23.6. The average molecular weight is 494 g/mol. The summed E-state index contributed by atoms with van der Waals surface area (Å²) in [6, 6.07) is 11.8. The molecule has 2 N–H and O–H groups in total. The van der Waals surface area contributed by atoms with Crippen molar-refractivity contribution in [3.8, 4) is 15.5 Å². The van der Waals surface area contributed by atoms with E-state index in [9.17, 15) is 19.5 Å². The van der Waals surface area contributed by atoms with E-state index in [4.69, 9.17) is 33.0 Å². The molecule has 0 bridgehead atoms. The molecule has 1 heterocycles. The third-order valence-corrected chi connectivity index (χ3v) is 6.03. The van der Waals surface area contributed by atoms with Gasteiger partial charge in [-0.2, -0.15) is 0 Å². The highest BCUT2D eigenvalue weighted by atomic mass is 35.5. The third-order valence-electron chi connectivity index (χ3n) is 4.43. The number of thiophene rings is 1. The van der Waals surface area contributed by atoms with Gasteiger partial charge in [-0.1, -0.05) is 46.7 Å². The van der Waals surface area contributed by atoms with Crippen LogP contribution in [0.1, 0.15) is 34.6 Å². The molecule has 0 saturated carbocycles. The molecule has 1 amide bonds. The summed E-state index contributed by atoms with van der Waals surface area (Å²) in [5.41, 5.74) is 1.21. The number of amides is 1. The summed E-state index contributed by atoms with van der Waals surface area (Å²) in [4.78, 5) is 37.7. The summed E-state index contributed by atoms with van der Waals surface area (Å²) in [5.74, 6) is -1.52. The van der Waals surface area contributed by atoms with Gasteiger partial charge in [-0.25, -0.2) is 9.59 Å². The Bertz CT molecular complexity index is 1190. The van der Waals surface area contributed by atoms with Gasteiger partial charge in [0.25, 0.3) is 5.91 Å². The summed E-state index contributed by atoms with van der Waals surface area (Å²) >= 11 is 13.2. The summed E-state index contributed by atoms with van der Waals surface area (Å²) in [7, 11) is 0. The number of aromatic carboxylic acids is 1. The van der Waals surface area contributed by atoms with Crippen LogP contribution in [0, 0.1) is 0 Å². The molecule has 7 nitrogen and oxygen atoms in total. The molecule has 0 unspecified atom stereocenters. The van der Waals surface area contributed by atoms with Gasteiger partial charge in [0.05, 0.1) is 21.8 Å². The highest BCUT2D eigenvalue weighted by Gasteiger charge is 2.28. The lowest BCUT2D eigenvalue weighted by atomic mass is 10.1. The Hall–Kier alpha value is -3.07. The lowest BCUT2D eigenvalue weighted by molar-refractivity contribution is 0.0696. The molecule has 2 aromatic carbocycles. The highest BCUT2D eigenvalue weighted by Crippen LogP contribution is 2.44. The number of carbonyl (C=O) groups is 3. The third kappa shape index (κ3) is 5.04. The molecule has 3 aromatic rings. The van der Waals surface area contributed by atoms with E-state index in [0.717, 1.165) is 11.3 Å². The molecule has 166 valence electrons. The van der Waals surface area contributed by atoms with E-state index in [0.29, 0.717) is 15.5 Å². The number of hydrogen-bond donors (Lipinski definition) is 2. The van der Waals surface area contributed by atoms with Crippen LogP contribution in [0.3, 0.4) is 0 Å². The van der Waals surface area contributed by atoms with Crippen LogP contribution >= 0.6 is 34.5 Å². The predicted octanol–water partition coefficient (Wildman–Crippen LogP) is 6.53. The van der Waals surface area contributed by atoms with Crippen molar-refractivity contribution in [1.82, 2.24) is 0 Å². The number of carboxylic acids is 1. The predicted molar refractivity (Wildman–Crippen MR) is 124 cm³/mol. The smallest absolute Gasteiger partial charge is 0.478 e. The van der Waals surface area contributed by atoms with E-state index in [1.807, 2.05) is 0 Å². The van der Waals surface area contributed by atoms with Gasteiger partial charge >= 0.3 is 12.1 Å². The maximum atomic E-state index is 13.4. The van der Waals surface area contributed by atoms with Crippen molar-refractivity contribution in [3.63, 3.8) is 0 Å². The lowest BCUT2D eigenvalue weighted by Gasteiger charge is -2.27. The second kappa shape index (κ2) is 9.60. The van der Waals surface area contributed by atoms with Crippen molar-refractivity contribution in [2.24, 2.45) is 0 Å². The number of halogens is 2. The zero-order valence-corrected chi connectivity index (χ0v) is 19.2. The second-order valence-electron chi connectivity index (χ2n) is 6.93. The topological polar surface area (TPSA) is 104 Å². The van der Waals surface area contributed by atoms with Crippen LogP contribution in [0.2, 0.25) is 10.0 Å². The number of hydrogen-bond acceptors (Lipinski definition) is 5. The van der Waals surface area contributed by atoms with E-state index in [1.54, 1.807) is 32.0 Å². The molecule has 0 saturated heterocycles. The van der Waals surface area contributed by atoms with Crippen molar-refractivity contribution in [3.05, 3.63) is 69.7 Å². The van der Waals surface area contributed by atoms with Crippen molar-refractivity contribution < 1.29 is 29.3 Å². The van der Waals surface area contributed by atoms with E-state index < -0.39 is 18.0 Å². The molecule has 0 fully saturated rings. The summed E-state index contributed by atoms with van der Waals surface area (Å²) in [6.07, 6.45) is -1.53. The average Bonchev–Trinajstić information content (AvgIpc) is 3.10. The Morgan fingerprint density at radius 1 is 1.00 bits per heavy atom. The normalized spacial score (nSPS) is 10.8. The SMILES string of the molecule is CC(C)N(C(=O)c1ccc(Cl)cc1Cl)c1cc(-c2ccc(C(=O)O)cc2)sc1OC(=O)O. The number of anilines is 1. The maximum absolute atomic E-state index is 13.4. The van der Waals surface area contributed by atoms with Crippen LogP contribution in [-0.4, -0.2) is 34.3 Å². The van der Waals surface area contributed by atoms with Gasteiger partial charge in [0.1, 0.15) is 0 Å². The largest absolute Gasteiger partial charge is 0.512 e. The highest BCUT2D eigenvalue weighted by molar-refractivity contribution is 7.18. The van der Waals surface area contributed by atoms with E-state index >= 15 is 0 Å². The van der Waals surface area contributed by atoms with Crippen LogP contribution in [-0.2, 0) is 0 Å². The molecular formula is C22H17Cl2NO6S. The van der Waals surface area contributed by atoms with Crippen LogP contribution < -0.4 is 9.64 Å². The quantitative estimate of drug-likeness (QED) is 0.378. The molecule has 0 aliphatic carbocycles. The first-order chi connectivity index (χ1) is 15.1. The fraction of sp³-hybridized carbons (Fsp3) is 0.136. The van der Waals surface area contributed by atoms with E-state index in [2.05, 4.69) is 0 Å². The molecule has 0 spiro atoms. The molecule has 0 aliphatic rings. The van der Waals surface area contributed by atoms with Gasteiger partial charge in [0.15, 0.2) is 0 Å². The van der Waals surface area contributed by atoms with Crippen molar-refractivity contribution in [2.45, 2.75) is 19.9 Å². The Balaban J connectivity index is 2.10. The molecule has 10 heteroatoms. The molecule has 32 heavy (non-hydrogen) atoms. The zero-order chi connectivity index (χ0) is 23.6. The van der Waals surface area contributed by atoms with Gasteiger partial charge in [0, 0.05) is 15.9 Å². The van der Waals surface area contributed by atoms with Crippen LogP contribution in [0.25, 0.3) is 10.4 Å². The first-order valence-electron chi connectivity index (χ1n) is 9.25. The number of carbonyl (C=O) groups excluding carboxylic acids is 1. The van der Waals surface area contributed by atoms with Crippen LogP contribution in [0.5, 0.6) is 5.06 Å². The minimum atomic E-state index is -1.53. The second-order valence-corrected chi connectivity index (χ2v) is 8.79. The van der Waals surface area contributed by atoms with E-state index in [-0.39, 0.29) is 32.9 Å². The zero-order valence-electron chi connectivity index (χ0n) is 16.8. The molecule has 0 radical (unpaired) electrons. The molecule has 0 aliphatic heterocycles. The van der Waals surface area contributed by atoms with Gasteiger partial charge in [-0.3, -0.25) is 4.79 Å². The van der Waals surface area contributed by atoms with Crippen LogP contribution in [0.4, 0.5) is 10.5 Å². The molecule has 0 atom stereocenters. The summed E-state index contributed by atoms with van der Waals surface area (Å²) in [5, 5.41) is 18.8. The summed E-state index contributed by atoms with van der Waals surface area (Å²) in [6.45, 7) is 3.54. The maximum Gasteiger partial charge on any atom is 0.512 e. The van der Waals surface area contributed by atoms with E-state index in [1.165, 1.54) is 35.2 Å². The van der Waals surface area contributed by atoms with Crippen molar-refractivity contribution in [1.29, 1.82) is 0 Å². The van der Waals surface area contributed by atoms with Crippen LogP contribution in [0.15, 0.2) is 48.5 Å². The minimum absolute atomic E-state index is 0.00180. The summed E-state index contributed by atoms with van der Waals surface area (Å²) < 4.78 is 4.97. The fourth-order valence-corrected chi connectivity index (χ4v) is 4.51. The molecular weight excluding hydrogens is 477 g/mol. The Labute approximate surface area is 197 Å². The monoisotopic (exact) mass is 493 g/mol. The lowest BCUT2D eigenvalue weighted by Crippen LogP contribution is -2.37. The number of carboxylic acid groups (broad SMARTS) is 2. The Morgan fingerprint density at radius 2 is 1.66 bits per heavy atom. The first-order valence-corrected chi connectivity index (χ1v) is 10.8. The number of nitrogens with zero attached hydrogens (tertiary/aromatic N) is 1. The number of rotatable bonds is 6. The van der Waals surface area contributed by atoms with Gasteiger partial charge in [-0.15, -0.1) is 0 Å². The molecule has 3 rings (SSSR count). The minimum Gasteiger partial charge on any atom is -0.478 e. The molecule has 1 aromatic heterocycles. The Morgan fingerprint density at radius 3 is 2.19 bits per heavy atom. The van der Waals surface area contributed by atoms with Gasteiger partial charge in [0.2, 0.25) is 5.06 Å². The van der Waals surface area contributed by atoms with Crippen molar-refractivity contribution in [2.75, 3.05) is 4.90 Å². The Kier molecular flexibility index (Phi) is 7.08.